The van der Waals surface area contributed by atoms with E-state index in [9.17, 15) is 0 Å². The van der Waals surface area contributed by atoms with Crippen LogP contribution >= 0.6 is 0 Å². The van der Waals surface area contributed by atoms with Crippen molar-refractivity contribution in [2.45, 2.75) is 18.5 Å². The van der Waals surface area contributed by atoms with Crippen molar-refractivity contribution in [2.24, 2.45) is 11.7 Å². The van der Waals surface area contributed by atoms with Gasteiger partial charge in [0.25, 0.3) is 0 Å². The van der Waals surface area contributed by atoms with Crippen LogP contribution in [0.2, 0.25) is 0 Å². The Morgan fingerprint density at radius 2 is 2.45 bits per heavy atom. The van der Waals surface area contributed by atoms with Gasteiger partial charge in [-0.1, -0.05) is 6.92 Å². The van der Waals surface area contributed by atoms with Crippen LogP contribution in [0, 0.1) is 5.92 Å². The maximum atomic E-state index is 6.17. The van der Waals surface area contributed by atoms with E-state index < -0.39 is 0 Å². The van der Waals surface area contributed by atoms with E-state index in [2.05, 4.69) is 24.2 Å². The minimum absolute atomic E-state index is 0.116. The predicted octanol–water partition coefficient (Wildman–Crippen LogP) is -0.763. The van der Waals surface area contributed by atoms with E-state index in [1.165, 1.54) is 6.54 Å². The fraction of sp³-hybridized carbons (Fsp3) is 1.00. The van der Waals surface area contributed by atoms with Crippen LogP contribution < -0.4 is 11.1 Å². The number of piperidine rings is 1. The molecule has 0 aromatic heterocycles. The molecule has 2 fully saturated rings. The summed E-state index contributed by atoms with van der Waals surface area (Å²) in [6, 6.07) is 0.601. The molecule has 3 N–H and O–H groups in total. The fourth-order valence-corrected chi connectivity index (χ4v) is 2.45. The van der Waals surface area contributed by atoms with Crippen molar-refractivity contribution in [1.29, 1.82) is 0 Å². The Morgan fingerprint density at radius 1 is 1.73 bits per heavy atom. The maximum Gasteiger partial charge on any atom is 0.0499 e. The first kappa shape index (κ1) is 7.53. The summed E-state index contributed by atoms with van der Waals surface area (Å²) in [5, 5.41) is 3.43. The molecule has 0 aromatic carbocycles. The standard InChI is InChI=1S/C8H17N3/c1-3-10-7-6-4-11(2)5-8(6,7)9/h6-7,10H,3-5,9H2,1-2H3/t6-,7-,8+/m0/s1. The summed E-state index contributed by atoms with van der Waals surface area (Å²) in [6.07, 6.45) is 0. The smallest absolute Gasteiger partial charge is 0.0499 e. The normalized spacial score (nSPS) is 49.4. The highest BCUT2D eigenvalue weighted by Gasteiger charge is 2.65. The number of rotatable bonds is 2. The molecule has 0 aromatic rings. The van der Waals surface area contributed by atoms with Crippen molar-refractivity contribution in [2.75, 3.05) is 26.7 Å². The summed E-state index contributed by atoms with van der Waals surface area (Å²) in [7, 11) is 2.14. The molecule has 1 saturated carbocycles. The number of nitrogens with one attached hydrogen (secondary N) is 1. The third kappa shape index (κ3) is 0.916. The molecule has 1 heterocycles. The van der Waals surface area contributed by atoms with E-state index in [0.29, 0.717) is 12.0 Å². The molecule has 0 bridgehead atoms. The molecule has 11 heavy (non-hydrogen) atoms. The van der Waals surface area contributed by atoms with Crippen LogP contribution in [0.5, 0.6) is 0 Å². The van der Waals surface area contributed by atoms with E-state index in [1.54, 1.807) is 0 Å². The van der Waals surface area contributed by atoms with Gasteiger partial charge in [-0.25, -0.2) is 0 Å². The van der Waals surface area contributed by atoms with Gasteiger partial charge in [0.1, 0.15) is 0 Å². The molecule has 2 rings (SSSR count). The van der Waals surface area contributed by atoms with Crippen LogP contribution in [0.3, 0.4) is 0 Å². The van der Waals surface area contributed by atoms with Gasteiger partial charge in [-0.15, -0.1) is 0 Å². The largest absolute Gasteiger partial charge is 0.322 e. The second kappa shape index (κ2) is 2.19. The third-order valence-electron chi connectivity index (χ3n) is 3.04. The van der Waals surface area contributed by atoms with Gasteiger partial charge in [0.05, 0.1) is 0 Å². The lowest BCUT2D eigenvalue weighted by molar-refractivity contribution is 0.339. The Kier molecular flexibility index (Phi) is 1.50. The van der Waals surface area contributed by atoms with Crippen LogP contribution in [0.1, 0.15) is 6.92 Å². The number of likely N-dealkylation sites (N-methyl/N-ethyl adjacent to an activating group) is 2. The van der Waals surface area contributed by atoms with Gasteiger partial charge in [-0.05, 0) is 13.6 Å². The lowest BCUT2D eigenvalue weighted by atomic mass is 10.3. The second-order valence-electron chi connectivity index (χ2n) is 3.95. The Bertz CT molecular complexity index is 165. The molecule has 0 spiro atoms. The van der Waals surface area contributed by atoms with Crippen LogP contribution in [-0.2, 0) is 0 Å². The van der Waals surface area contributed by atoms with Crippen molar-refractivity contribution < 1.29 is 0 Å². The van der Waals surface area contributed by atoms with Crippen molar-refractivity contribution in [3.8, 4) is 0 Å². The predicted molar refractivity (Wildman–Crippen MR) is 45.4 cm³/mol. The minimum Gasteiger partial charge on any atom is -0.322 e. The molecule has 0 radical (unpaired) electrons. The van der Waals surface area contributed by atoms with Gasteiger partial charge in [0.15, 0.2) is 0 Å². The minimum atomic E-state index is 0.116. The fourth-order valence-electron chi connectivity index (χ4n) is 2.45. The van der Waals surface area contributed by atoms with Gasteiger partial charge in [-0.2, -0.15) is 0 Å². The summed E-state index contributed by atoms with van der Waals surface area (Å²) in [5.41, 5.74) is 6.28. The Balaban J connectivity index is 1.95. The molecule has 2 aliphatic rings. The lowest BCUT2D eigenvalue weighted by Gasteiger charge is -2.16. The number of nitrogens with zero attached hydrogens (tertiary/aromatic N) is 1. The zero-order chi connectivity index (χ0) is 8.06. The number of likely N-dealkylation sites (tertiary alicyclic amines) is 1. The monoisotopic (exact) mass is 155 g/mol. The molecule has 3 heteroatoms. The highest BCUT2D eigenvalue weighted by Crippen LogP contribution is 2.46. The first-order chi connectivity index (χ1) is 5.18. The molecule has 1 aliphatic heterocycles. The SMILES string of the molecule is CCN[C@H]1[C@@H]2CN(C)C[C@@]21N. The zero-order valence-corrected chi connectivity index (χ0v) is 7.30. The molecule has 3 atom stereocenters. The highest BCUT2D eigenvalue weighted by molar-refractivity contribution is 5.26. The van der Waals surface area contributed by atoms with Crippen molar-refractivity contribution in [3.05, 3.63) is 0 Å². The van der Waals surface area contributed by atoms with E-state index in [0.717, 1.165) is 13.1 Å². The zero-order valence-electron chi connectivity index (χ0n) is 7.30. The van der Waals surface area contributed by atoms with Gasteiger partial charge < -0.3 is 16.0 Å². The van der Waals surface area contributed by atoms with E-state index >= 15 is 0 Å². The second-order valence-corrected chi connectivity index (χ2v) is 3.95. The number of hydrogen-bond donors (Lipinski definition) is 2. The first-order valence-electron chi connectivity index (χ1n) is 4.39. The Hall–Kier alpha value is -0.120. The van der Waals surface area contributed by atoms with Gasteiger partial charge in [-0.3, -0.25) is 0 Å². The van der Waals surface area contributed by atoms with E-state index in [4.69, 9.17) is 5.73 Å². The van der Waals surface area contributed by atoms with Crippen molar-refractivity contribution in [3.63, 3.8) is 0 Å². The average Bonchev–Trinajstić information content (AvgIpc) is 2.36. The number of fused-ring (bicyclic) bond motifs is 1. The van der Waals surface area contributed by atoms with Crippen LogP contribution in [-0.4, -0.2) is 43.2 Å². The molecule has 1 aliphatic carbocycles. The number of hydrogen-bond acceptors (Lipinski definition) is 3. The highest BCUT2D eigenvalue weighted by atomic mass is 15.3. The van der Waals surface area contributed by atoms with Crippen LogP contribution in [0.4, 0.5) is 0 Å². The first-order valence-corrected chi connectivity index (χ1v) is 4.39. The van der Waals surface area contributed by atoms with Gasteiger partial charge >= 0.3 is 0 Å². The molecular formula is C8H17N3. The number of nitrogens with two attached hydrogens (primary N) is 1. The molecule has 3 nitrogen and oxygen atoms in total. The molecule has 0 amide bonds. The molecule has 1 saturated heterocycles. The van der Waals surface area contributed by atoms with Gasteiger partial charge in [0, 0.05) is 30.6 Å². The lowest BCUT2D eigenvalue weighted by Crippen LogP contribution is -2.41. The topological polar surface area (TPSA) is 41.3 Å². The van der Waals surface area contributed by atoms with Crippen LogP contribution in [0.25, 0.3) is 0 Å². The summed E-state index contributed by atoms with van der Waals surface area (Å²) >= 11 is 0. The van der Waals surface area contributed by atoms with Crippen molar-refractivity contribution >= 4 is 0 Å². The summed E-state index contributed by atoms with van der Waals surface area (Å²) in [6.45, 7) is 5.43. The molecule has 64 valence electrons. The molecule has 0 unspecified atom stereocenters. The van der Waals surface area contributed by atoms with Crippen LogP contribution in [0.15, 0.2) is 0 Å². The van der Waals surface area contributed by atoms with E-state index in [-0.39, 0.29) is 5.54 Å². The van der Waals surface area contributed by atoms with Crippen molar-refractivity contribution in [1.82, 2.24) is 10.2 Å². The Labute approximate surface area is 67.9 Å². The summed E-state index contributed by atoms with van der Waals surface area (Å²) in [4.78, 5) is 2.32. The maximum absolute atomic E-state index is 6.17. The van der Waals surface area contributed by atoms with E-state index in [1.807, 2.05) is 0 Å². The average molecular weight is 155 g/mol. The third-order valence-corrected chi connectivity index (χ3v) is 3.04. The van der Waals surface area contributed by atoms with Gasteiger partial charge in [0.2, 0.25) is 0 Å². The quantitative estimate of drug-likeness (QED) is 0.550. The summed E-state index contributed by atoms with van der Waals surface area (Å²) < 4.78 is 0. The summed E-state index contributed by atoms with van der Waals surface area (Å²) in [5.74, 6) is 0.715. The Morgan fingerprint density at radius 3 is 2.91 bits per heavy atom. The molecular weight excluding hydrogens is 138 g/mol.